The van der Waals surface area contributed by atoms with Crippen LogP contribution in [0.1, 0.15) is 41.4 Å². The lowest BCUT2D eigenvalue weighted by Gasteiger charge is -2.25. The van der Waals surface area contributed by atoms with Gasteiger partial charge in [-0.05, 0) is 37.1 Å². The second-order valence-electron chi connectivity index (χ2n) is 6.42. The van der Waals surface area contributed by atoms with Gasteiger partial charge in [0, 0.05) is 11.4 Å². The normalized spacial score (nSPS) is 16.1. The number of aliphatic imine (C=N–C) groups is 1. The molecule has 0 saturated heterocycles. The van der Waals surface area contributed by atoms with E-state index < -0.39 is 12.0 Å². The van der Waals surface area contributed by atoms with Crippen molar-refractivity contribution in [2.75, 3.05) is 6.61 Å². The third-order valence-electron chi connectivity index (χ3n) is 4.41. The highest BCUT2D eigenvalue weighted by atomic mass is 32.2. The number of carboxylic acids is 1. The quantitative estimate of drug-likeness (QED) is 0.696. The van der Waals surface area contributed by atoms with Crippen molar-refractivity contribution < 1.29 is 19.4 Å². The monoisotopic (exact) mass is 410 g/mol. The Morgan fingerprint density at radius 3 is 2.45 bits per heavy atom. The molecule has 6 nitrogen and oxygen atoms in total. The fourth-order valence-electron chi connectivity index (χ4n) is 2.97. The lowest BCUT2D eigenvalue weighted by atomic mass is 9.97. The Bertz CT molecular complexity index is 953. The number of thioether (sulfide) groups is 1. The zero-order chi connectivity index (χ0) is 20.8. The Hall–Kier alpha value is -3.06. The largest absolute Gasteiger partial charge is 0.478 e. The van der Waals surface area contributed by atoms with E-state index in [0.717, 1.165) is 16.8 Å². The minimum atomic E-state index is -0.944. The van der Waals surface area contributed by atoms with E-state index in [2.05, 4.69) is 5.32 Å². The molecular formula is C22H22N2O4S. The van der Waals surface area contributed by atoms with Gasteiger partial charge in [-0.25, -0.2) is 14.6 Å². The van der Waals surface area contributed by atoms with Crippen LogP contribution >= 0.6 is 11.8 Å². The third kappa shape index (κ3) is 5.06. The summed E-state index contributed by atoms with van der Waals surface area (Å²) in [6.45, 7) is 3.93. The maximum atomic E-state index is 12.5. The first kappa shape index (κ1) is 20.7. The van der Waals surface area contributed by atoms with Crippen LogP contribution in [0.5, 0.6) is 0 Å². The summed E-state index contributed by atoms with van der Waals surface area (Å²) in [5.74, 6) is -0.696. The Morgan fingerprint density at radius 1 is 1.14 bits per heavy atom. The van der Waals surface area contributed by atoms with Crippen molar-refractivity contribution in [3.05, 3.63) is 82.6 Å². The van der Waals surface area contributed by atoms with Crippen LogP contribution in [0.15, 0.2) is 70.9 Å². The number of aromatic carboxylic acids is 1. The van der Waals surface area contributed by atoms with E-state index in [1.165, 1.54) is 11.8 Å². The average molecular weight is 410 g/mol. The van der Waals surface area contributed by atoms with Crippen LogP contribution < -0.4 is 5.32 Å². The molecule has 0 aliphatic carbocycles. The van der Waals surface area contributed by atoms with E-state index in [9.17, 15) is 9.59 Å². The number of carbonyl (C=O) groups is 2. The molecule has 1 heterocycles. The molecule has 0 spiro atoms. The highest BCUT2D eigenvalue weighted by Crippen LogP contribution is 2.33. The average Bonchev–Trinajstić information content (AvgIpc) is 2.73. The van der Waals surface area contributed by atoms with Crippen LogP contribution in [-0.2, 0) is 15.3 Å². The molecule has 7 heteroatoms. The topological polar surface area (TPSA) is 88.0 Å². The third-order valence-corrected chi connectivity index (χ3v) is 5.36. The number of rotatable bonds is 6. The summed E-state index contributed by atoms with van der Waals surface area (Å²) >= 11 is 1.50. The summed E-state index contributed by atoms with van der Waals surface area (Å²) in [7, 11) is 0. The van der Waals surface area contributed by atoms with Crippen LogP contribution in [0.25, 0.3) is 0 Å². The van der Waals surface area contributed by atoms with E-state index in [1.54, 1.807) is 31.2 Å². The molecule has 2 aromatic carbocycles. The molecule has 2 aromatic rings. The van der Waals surface area contributed by atoms with Gasteiger partial charge in [-0.15, -0.1) is 0 Å². The van der Waals surface area contributed by atoms with E-state index in [4.69, 9.17) is 14.8 Å². The van der Waals surface area contributed by atoms with Gasteiger partial charge in [0.15, 0.2) is 5.17 Å². The van der Waals surface area contributed by atoms with E-state index in [1.807, 2.05) is 37.3 Å². The van der Waals surface area contributed by atoms with Gasteiger partial charge < -0.3 is 15.2 Å². The second-order valence-corrected chi connectivity index (χ2v) is 7.39. The minimum Gasteiger partial charge on any atom is -0.478 e. The zero-order valence-electron chi connectivity index (χ0n) is 16.2. The number of allylic oxidation sites excluding steroid dienone is 1. The molecule has 0 fully saturated rings. The van der Waals surface area contributed by atoms with E-state index >= 15 is 0 Å². The fourth-order valence-corrected chi connectivity index (χ4v) is 3.87. The van der Waals surface area contributed by atoms with E-state index in [0.29, 0.717) is 23.1 Å². The molecule has 0 saturated carbocycles. The number of carboxylic acid groups (broad SMARTS) is 1. The first-order valence-electron chi connectivity index (χ1n) is 9.22. The number of nitrogens with one attached hydrogen (secondary N) is 1. The standard InChI is InChI=1S/C22H22N2O4S/c1-3-28-21(27)18-14(2)23-22(24-19(18)16-7-5-4-6-8-16)29-13-15-9-11-17(12-10-15)20(25)26/h4-12,19H,3,13H2,1-2H3,(H,23,24)(H,25,26)/t19-/m0/s1. The number of nitrogens with zero attached hydrogens (tertiary/aromatic N) is 1. The van der Waals surface area contributed by atoms with Gasteiger partial charge in [-0.1, -0.05) is 54.2 Å². The maximum Gasteiger partial charge on any atom is 0.338 e. The van der Waals surface area contributed by atoms with Gasteiger partial charge in [0.25, 0.3) is 0 Å². The van der Waals surface area contributed by atoms with Gasteiger partial charge in [0.2, 0.25) is 0 Å². The van der Waals surface area contributed by atoms with Crippen LogP contribution in [0, 0.1) is 0 Å². The lowest BCUT2D eigenvalue weighted by molar-refractivity contribution is -0.138. The van der Waals surface area contributed by atoms with Crippen molar-refractivity contribution in [1.29, 1.82) is 0 Å². The van der Waals surface area contributed by atoms with Crippen molar-refractivity contribution in [2.24, 2.45) is 4.99 Å². The molecule has 29 heavy (non-hydrogen) atoms. The smallest absolute Gasteiger partial charge is 0.338 e. The minimum absolute atomic E-state index is 0.258. The van der Waals surface area contributed by atoms with Crippen LogP contribution in [0.2, 0.25) is 0 Å². The van der Waals surface area contributed by atoms with E-state index in [-0.39, 0.29) is 11.5 Å². The maximum absolute atomic E-state index is 12.5. The van der Waals surface area contributed by atoms with Crippen LogP contribution in [-0.4, -0.2) is 28.8 Å². The molecule has 0 bridgehead atoms. The van der Waals surface area contributed by atoms with Gasteiger partial charge in [0.1, 0.15) is 6.04 Å². The predicted octanol–water partition coefficient (Wildman–Crippen LogP) is 4.16. The molecule has 1 atom stereocenters. The Morgan fingerprint density at radius 2 is 1.83 bits per heavy atom. The first-order valence-corrected chi connectivity index (χ1v) is 10.2. The van der Waals surface area contributed by atoms with Crippen molar-refractivity contribution in [3.8, 4) is 0 Å². The van der Waals surface area contributed by atoms with Crippen LogP contribution in [0.4, 0.5) is 0 Å². The molecule has 0 unspecified atom stereocenters. The van der Waals surface area contributed by atoms with Gasteiger partial charge in [0.05, 0.1) is 17.7 Å². The second kappa shape index (κ2) is 9.43. The van der Waals surface area contributed by atoms with Crippen LogP contribution in [0.3, 0.4) is 0 Å². The number of amidine groups is 1. The van der Waals surface area contributed by atoms with Gasteiger partial charge >= 0.3 is 11.9 Å². The highest BCUT2D eigenvalue weighted by Gasteiger charge is 2.30. The summed E-state index contributed by atoms with van der Waals surface area (Å²) in [6.07, 6.45) is 0. The number of hydrogen-bond donors (Lipinski definition) is 2. The number of hydrogen-bond acceptors (Lipinski definition) is 6. The molecule has 1 aliphatic heterocycles. The Balaban J connectivity index is 1.81. The number of carbonyl (C=O) groups excluding carboxylic acids is 1. The molecule has 1 aliphatic rings. The fraction of sp³-hybridized carbons (Fsp3) is 0.227. The Kier molecular flexibility index (Phi) is 6.72. The summed E-state index contributed by atoms with van der Waals surface area (Å²) in [4.78, 5) is 28.3. The molecule has 150 valence electrons. The molecule has 0 radical (unpaired) electrons. The summed E-state index contributed by atoms with van der Waals surface area (Å²) in [5.41, 5.74) is 3.39. The lowest BCUT2D eigenvalue weighted by Crippen LogP contribution is -2.30. The molecule has 3 rings (SSSR count). The summed E-state index contributed by atoms with van der Waals surface area (Å²) < 4.78 is 5.24. The first-order chi connectivity index (χ1) is 14.0. The van der Waals surface area contributed by atoms with Crippen molar-refractivity contribution >= 4 is 28.9 Å². The number of esters is 1. The number of ether oxygens (including phenoxy) is 1. The molecule has 0 amide bonds. The van der Waals surface area contributed by atoms with Crippen molar-refractivity contribution in [3.63, 3.8) is 0 Å². The number of benzene rings is 2. The van der Waals surface area contributed by atoms with Crippen molar-refractivity contribution in [1.82, 2.24) is 5.32 Å². The summed E-state index contributed by atoms with van der Waals surface area (Å²) in [5, 5.41) is 12.9. The molecule has 2 N–H and O–H groups in total. The van der Waals surface area contributed by atoms with Gasteiger partial charge in [-0.2, -0.15) is 0 Å². The molecule has 0 aromatic heterocycles. The SMILES string of the molecule is CCOC(=O)C1=C(C)NC(SCc2ccc(C(=O)O)cc2)=N[C@H]1c1ccccc1. The molecular weight excluding hydrogens is 388 g/mol. The predicted molar refractivity (Wildman–Crippen MR) is 114 cm³/mol. The highest BCUT2D eigenvalue weighted by molar-refractivity contribution is 8.13. The van der Waals surface area contributed by atoms with Gasteiger partial charge in [-0.3, -0.25) is 0 Å². The van der Waals surface area contributed by atoms with Crippen molar-refractivity contribution in [2.45, 2.75) is 25.6 Å². The Labute approximate surface area is 173 Å². The summed E-state index contributed by atoms with van der Waals surface area (Å²) in [6, 6.07) is 16.0. The zero-order valence-corrected chi connectivity index (χ0v) is 17.0.